The van der Waals surface area contributed by atoms with Crippen LogP contribution in [0.15, 0.2) is 24.4 Å². The predicted octanol–water partition coefficient (Wildman–Crippen LogP) is 2.56. The Hall–Kier alpha value is -0.990. The van der Waals surface area contributed by atoms with E-state index in [1.54, 1.807) is 0 Å². The van der Waals surface area contributed by atoms with Gasteiger partial charge in [-0.25, -0.2) is 0 Å². The summed E-state index contributed by atoms with van der Waals surface area (Å²) in [6.07, 6.45) is 2.05. The molecule has 2 rings (SSSR count). The smallest absolute Gasteiger partial charge is 0.0495 e. The van der Waals surface area contributed by atoms with Crippen molar-refractivity contribution in [2.45, 2.75) is 13.5 Å². The van der Waals surface area contributed by atoms with Crippen molar-refractivity contribution in [3.05, 3.63) is 35.0 Å². The Balaban J connectivity index is 2.61. The molecule has 0 bridgehead atoms. The number of benzene rings is 1. The molecule has 0 aliphatic rings. The summed E-state index contributed by atoms with van der Waals surface area (Å²) < 4.78 is 2.13. The quantitative estimate of drug-likeness (QED) is 0.808. The van der Waals surface area contributed by atoms with Crippen LogP contribution in [0.5, 0.6) is 0 Å². The maximum absolute atomic E-state index is 6.07. The van der Waals surface area contributed by atoms with Gasteiger partial charge in [0.25, 0.3) is 0 Å². The largest absolute Gasteiger partial charge is 0.346 e. The predicted molar refractivity (Wildman–Crippen MR) is 60.7 cm³/mol. The minimum atomic E-state index is 0.648. The third-order valence-electron chi connectivity index (χ3n) is 2.42. The summed E-state index contributed by atoms with van der Waals surface area (Å²) in [7, 11) is 0. The molecule has 0 spiro atoms. The second-order valence-corrected chi connectivity index (χ2v) is 3.87. The van der Waals surface area contributed by atoms with Gasteiger partial charge in [-0.1, -0.05) is 11.6 Å². The average molecular weight is 209 g/mol. The zero-order valence-electron chi connectivity index (χ0n) is 8.13. The number of hydrogen-bond donors (Lipinski definition) is 1. The number of aryl methyl sites for hydroxylation is 1. The molecule has 1 aromatic heterocycles. The molecule has 0 amide bonds. The number of nitrogens with zero attached hydrogens (tertiary/aromatic N) is 1. The molecular formula is C11H13ClN2. The van der Waals surface area contributed by atoms with Crippen molar-refractivity contribution in [1.82, 2.24) is 4.57 Å². The fourth-order valence-corrected chi connectivity index (χ4v) is 1.82. The molecule has 0 saturated heterocycles. The molecule has 2 nitrogen and oxygen atoms in total. The van der Waals surface area contributed by atoms with E-state index in [2.05, 4.69) is 16.7 Å². The lowest BCUT2D eigenvalue weighted by molar-refractivity contribution is 0.735. The Morgan fingerprint density at radius 1 is 1.43 bits per heavy atom. The first-order chi connectivity index (χ1) is 6.72. The van der Waals surface area contributed by atoms with Crippen LogP contribution in [0.1, 0.15) is 5.56 Å². The van der Waals surface area contributed by atoms with Crippen molar-refractivity contribution in [3.63, 3.8) is 0 Å². The minimum absolute atomic E-state index is 0.648. The van der Waals surface area contributed by atoms with Crippen molar-refractivity contribution in [1.29, 1.82) is 0 Å². The molecule has 0 aliphatic heterocycles. The first kappa shape index (κ1) is 9.56. The van der Waals surface area contributed by atoms with Crippen molar-refractivity contribution < 1.29 is 0 Å². The number of nitrogens with two attached hydrogens (primary N) is 1. The van der Waals surface area contributed by atoms with Crippen LogP contribution < -0.4 is 5.73 Å². The SMILES string of the molecule is Cc1cc2ccn(CCN)c2cc1Cl. The number of rotatable bonds is 2. The third kappa shape index (κ3) is 1.51. The normalized spacial score (nSPS) is 11.1. The van der Waals surface area contributed by atoms with Gasteiger partial charge in [0, 0.05) is 29.8 Å². The van der Waals surface area contributed by atoms with E-state index in [-0.39, 0.29) is 0 Å². The van der Waals surface area contributed by atoms with Gasteiger partial charge in [0.05, 0.1) is 0 Å². The van der Waals surface area contributed by atoms with E-state index >= 15 is 0 Å². The Labute approximate surface area is 88.3 Å². The molecule has 0 unspecified atom stereocenters. The Morgan fingerprint density at radius 3 is 2.93 bits per heavy atom. The van der Waals surface area contributed by atoms with E-state index in [0.717, 1.165) is 22.6 Å². The highest BCUT2D eigenvalue weighted by atomic mass is 35.5. The number of halogens is 1. The molecule has 1 heterocycles. The van der Waals surface area contributed by atoms with Gasteiger partial charge < -0.3 is 10.3 Å². The Kier molecular flexibility index (Phi) is 2.48. The first-order valence-corrected chi connectivity index (χ1v) is 5.05. The zero-order valence-corrected chi connectivity index (χ0v) is 8.88. The van der Waals surface area contributed by atoms with Gasteiger partial charge in [-0.15, -0.1) is 0 Å². The first-order valence-electron chi connectivity index (χ1n) is 4.67. The summed E-state index contributed by atoms with van der Waals surface area (Å²) in [6.45, 7) is 3.50. The van der Waals surface area contributed by atoms with Crippen molar-refractivity contribution in [2.24, 2.45) is 5.73 Å². The molecule has 0 saturated carbocycles. The fourth-order valence-electron chi connectivity index (χ4n) is 1.66. The molecule has 0 radical (unpaired) electrons. The second kappa shape index (κ2) is 3.64. The second-order valence-electron chi connectivity index (χ2n) is 3.46. The highest BCUT2D eigenvalue weighted by Crippen LogP contribution is 2.24. The van der Waals surface area contributed by atoms with Crippen LogP contribution in [0.2, 0.25) is 5.02 Å². The van der Waals surface area contributed by atoms with Crippen LogP contribution in [-0.4, -0.2) is 11.1 Å². The minimum Gasteiger partial charge on any atom is -0.346 e. The lowest BCUT2D eigenvalue weighted by Crippen LogP contribution is -2.08. The molecular weight excluding hydrogens is 196 g/mol. The molecule has 74 valence electrons. The van der Waals surface area contributed by atoms with Gasteiger partial charge in [-0.3, -0.25) is 0 Å². The van der Waals surface area contributed by atoms with Crippen molar-refractivity contribution in [2.75, 3.05) is 6.54 Å². The molecule has 14 heavy (non-hydrogen) atoms. The lowest BCUT2D eigenvalue weighted by atomic mass is 10.2. The summed E-state index contributed by atoms with van der Waals surface area (Å²) in [6, 6.07) is 6.20. The summed E-state index contributed by atoms with van der Waals surface area (Å²) in [4.78, 5) is 0. The average Bonchev–Trinajstić information content (AvgIpc) is 2.51. The maximum Gasteiger partial charge on any atom is 0.0495 e. The van der Waals surface area contributed by atoms with Gasteiger partial charge in [-0.05, 0) is 36.1 Å². The van der Waals surface area contributed by atoms with Gasteiger partial charge >= 0.3 is 0 Å². The van der Waals surface area contributed by atoms with Crippen LogP contribution in [0.4, 0.5) is 0 Å². The van der Waals surface area contributed by atoms with Crippen LogP contribution in [0.3, 0.4) is 0 Å². The molecule has 0 atom stereocenters. The molecule has 2 aromatic rings. The monoisotopic (exact) mass is 208 g/mol. The van der Waals surface area contributed by atoms with E-state index in [1.165, 1.54) is 5.39 Å². The number of aromatic nitrogens is 1. The standard InChI is InChI=1S/C11H13ClN2/c1-8-6-9-2-4-14(5-3-13)11(9)7-10(8)12/h2,4,6-7H,3,5,13H2,1H3. The number of fused-ring (bicyclic) bond motifs is 1. The van der Waals surface area contributed by atoms with Gasteiger partial charge in [0.1, 0.15) is 0 Å². The van der Waals surface area contributed by atoms with E-state index in [4.69, 9.17) is 17.3 Å². The van der Waals surface area contributed by atoms with Crippen molar-refractivity contribution >= 4 is 22.5 Å². The van der Waals surface area contributed by atoms with E-state index < -0.39 is 0 Å². The Bertz CT molecular complexity index is 460. The van der Waals surface area contributed by atoms with E-state index in [1.807, 2.05) is 19.2 Å². The van der Waals surface area contributed by atoms with Crippen LogP contribution in [0.25, 0.3) is 10.9 Å². The molecule has 0 aliphatic carbocycles. The van der Waals surface area contributed by atoms with Crippen LogP contribution in [0, 0.1) is 6.92 Å². The zero-order chi connectivity index (χ0) is 10.1. The Morgan fingerprint density at radius 2 is 2.21 bits per heavy atom. The van der Waals surface area contributed by atoms with Gasteiger partial charge in [0.15, 0.2) is 0 Å². The molecule has 0 fully saturated rings. The molecule has 2 N–H and O–H groups in total. The van der Waals surface area contributed by atoms with Gasteiger partial charge in [0.2, 0.25) is 0 Å². The summed E-state index contributed by atoms with van der Waals surface area (Å²) in [5, 5.41) is 2.04. The van der Waals surface area contributed by atoms with E-state index in [0.29, 0.717) is 6.54 Å². The van der Waals surface area contributed by atoms with Crippen LogP contribution >= 0.6 is 11.6 Å². The van der Waals surface area contributed by atoms with Crippen LogP contribution in [-0.2, 0) is 6.54 Å². The maximum atomic E-state index is 6.07. The molecule has 3 heteroatoms. The summed E-state index contributed by atoms with van der Waals surface area (Å²) in [5.41, 5.74) is 7.80. The number of hydrogen-bond acceptors (Lipinski definition) is 1. The van der Waals surface area contributed by atoms with E-state index in [9.17, 15) is 0 Å². The lowest BCUT2D eigenvalue weighted by Gasteiger charge is -2.04. The fraction of sp³-hybridized carbons (Fsp3) is 0.273. The molecule has 1 aromatic carbocycles. The highest BCUT2D eigenvalue weighted by Gasteiger charge is 2.03. The van der Waals surface area contributed by atoms with Crippen molar-refractivity contribution in [3.8, 4) is 0 Å². The summed E-state index contributed by atoms with van der Waals surface area (Å²) >= 11 is 6.07. The van der Waals surface area contributed by atoms with Gasteiger partial charge in [-0.2, -0.15) is 0 Å². The summed E-state index contributed by atoms with van der Waals surface area (Å²) in [5.74, 6) is 0. The third-order valence-corrected chi connectivity index (χ3v) is 2.83. The highest BCUT2D eigenvalue weighted by molar-refractivity contribution is 6.32. The topological polar surface area (TPSA) is 30.9 Å².